The first-order chi connectivity index (χ1) is 12.7. The van der Waals surface area contributed by atoms with Crippen molar-refractivity contribution in [2.45, 2.75) is 19.9 Å². The predicted molar refractivity (Wildman–Crippen MR) is 99.9 cm³/mol. The SMILES string of the molecule is CCN(Cc1ccccc1)C(=O)c1ccnc(C(=O)NCCCOC)c1. The van der Waals surface area contributed by atoms with E-state index < -0.39 is 0 Å². The number of methoxy groups -OCH3 is 1. The molecule has 1 N–H and O–H groups in total. The highest BCUT2D eigenvalue weighted by molar-refractivity contribution is 5.98. The van der Waals surface area contributed by atoms with E-state index in [9.17, 15) is 9.59 Å². The molecule has 0 saturated heterocycles. The maximum absolute atomic E-state index is 12.8. The largest absolute Gasteiger partial charge is 0.385 e. The lowest BCUT2D eigenvalue weighted by molar-refractivity contribution is 0.0752. The Balaban J connectivity index is 2.04. The van der Waals surface area contributed by atoms with Crippen molar-refractivity contribution in [2.75, 3.05) is 26.8 Å². The molecular weight excluding hydrogens is 330 g/mol. The third-order valence-electron chi connectivity index (χ3n) is 3.94. The summed E-state index contributed by atoms with van der Waals surface area (Å²) in [7, 11) is 1.62. The molecule has 0 aliphatic carbocycles. The Hall–Kier alpha value is -2.73. The Morgan fingerprint density at radius 1 is 1.19 bits per heavy atom. The number of aromatic nitrogens is 1. The second kappa shape index (κ2) is 10.3. The van der Waals surface area contributed by atoms with Gasteiger partial charge in [-0.05, 0) is 31.0 Å². The van der Waals surface area contributed by atoms with Crippen LogP contribution < -0.4 is 5.32 Å². The van der Waals surface area contributed by atoms with E-state index in [4.69, 9.17) is 4.74 Å². The highest BCUT2D eigenvalue weighted by atomic mass is 16.5. The fraction of sp³-hybridized carbons (Fsp3) is 0.350. The van der Waals surface area contributed by atoms with E-state index in [1.165, 1.54) is 6.20 Å². The Morgan fingerprint density at radius 2 is 1.96 bits per heavy atom. The molecule has 0 atom stereocenters. The molecule has 6 nitrogen and oxygen atoms in total. The van der Waals surface area contributed by atoms with Crippen molar-refractivity contribution in [2.24, 2.45) is 0 Å². The molecule has 0 spiro atoms. The number of ether oxygens (including phenoxy) is 1. The van der Waals surface area contributed by atoms with Gasteiger partial charge in [0.25, 0.3) is 11.8 Å². The van der Waals surface area contributed by atoms with E-state index in [0.717, 1.165) is 12.0 Å². The maximum Gasteiger partial charge on any atom is 0.269 e. The molecule has 0 aliphatic rings. The molecule has 1 aromatic heterocycles. The molecule has 6 heteroatoms. The average molecular weight is 355 g/mol. The molecule has 0 saturated carbocycles. The molecule has 2 aromatic rings. The molecule has 2 amide bonds. The number of benzene rings is 1. The van der Waals surface area contributed by atoms with Crippen molar-refractivity contribution in [3.8, 4) is 0 Å². The number of hydrogen-bond acceptors (Lipinski definition) is 4. The molecule has 2 rings (SSSR count). The second-order valence-corrected chi connectivity index (χ2v) is 5.84. The standard InChI is InChI=1S/C20H25N3O3/c1-3-23(15-16-8-5-4-6-9-16)20(25)17-10-12-21-18(14-17)19(24)22-11-7-13-26-2/h4-6,8-10,12,14H,3,7,11,13,15H2,1-2H3,(H,22,24). The Morgan fingerprint density at radius 3 is 2.65 bits per heavy atom. The van der Waals surface area contributed by atoms with Gasteiger partial charge < -0.3 is 15.0 Å². The highest BCUT2D eigenvalue weighted by Crippen LogP contribution is 2.11. The van der Waals surface area contributed by atoms with Crippen LogP contribution in [0.4, 0.5) is 0 Å². The van der Waals surface area contributed by atoms with Gasteiger partial charge in [-0.2, -0.15) is 0 Å². The number of carbonyl (C=O) groups excluding carboxylic acids is 2. The maximum atomic E-state index is 12.8. The van der Waals surface area contributed by atoms with Crippen LogP contribution in [0.2, 0.25) is 0 Å². The Labute approximate surface area is 154 Å². The Bertz CT molecular complexity index is 719. The summed E-state index contributed by atoms with van der Waals surface area (Å²) in [4.78, 5) is 30.8. The van der Waals surface area contributed by atoms with Crippen molar-refractivity contribution in [1.82, 2.24) is 15.2 Å². The smallest absolute Gasteiger partial charge is 0.269 e. The molecule has 138 valence electrons. The van der Waals surface area contributed by atoms with Gasteiger partial charge in [0.1, 0.15) is 5.69 Å². The van der Waals surface area contributed by atoms with Crippen molar-refractivity contribution < 1.29 is 14.3 Å². The lowest BCUT2D eigenvalue weighted by Gasteiger charge is -2.21. The molecular formula is C20H25N3O3. The van der Waals surface area contributed by atoms with Crippen LogP contribution in [0.5, 0.6) is 0 Å². The number of amides is 2. The number of pyridine rings is 1. The summed E-state index contributed by atoms with van der Waals surface area (Å²) in [5.41, 5.74) is 1.76. The van der Waals surface area contributed by atoms with Gasteiger partial charge in [-0.1, -0.05) is 30.3 Å². The van der Waals surface area contributed by atoms with Gasteiger partial charge in [0.05, 0.1) is 0 Å². The highest BCUT2D eigenvalue weighted by Gasteiger charge is 2.17. The number of nitrogens with zero attached hydrogens (tertiary/aromatic N) is 2. The zero-order valence-corrected chi connectivity index (χ0v) is 15.3. The van der Waals surface area contributed by atoms with Crippen molar-refractivity contribution in [1.29, 1.82) is 0 Å². The van der Waals surface area contributed by atoms with Gasteiger partial charge in [-0.25, -0.2) is 0 Å². The van der Waals surface area contributed by atoms with Gasteiger partial charge >= 0.3 is 0 Å². The normalized spacial score (nSPS) is 10.4. The van der Waals surface area contributed by atoms with E-state index in [1.807, 2.05) is 37.3 Å². The third-order valence-corrected chi connectivity index (χ3v) is 3.94. The van der Waals surface area contributed by atoms with Gasteiger partial charge in [0.2, 0.25) is 0 Å². The number of rotatable bonds is 9. The van der Waals surface area contributed by atoms with Crippen LogP contribution in [0.15, 0.2) is 48.7 Å². The van der Waals surface area contributed by atoms with Crippen LogP contribution in [-0.2, 0) is 11.3 Å². The molecule has 26 heavy (non-hydrogen) atoms. The van der Waals surface area contributed by atoms with E-state index >= 15 is 0 Å². The van der Waals surface area contributed by atoms with E-state index in [1.54, 1.807) is 24.1 Å². The lowest BCUT2D eigenvalue weighted by Crippen LogP contribution is -2.31. The summed E-state index contributed by atoms with van der Waals surface area (Å²) in [5, 5.41) is 2.78. The lowest BCUT2D eigenvalue weighted by atomic mass is 10.1. The topological polar surface area (TPSA) is 71.5 Å². The summed E-state index contributed by atoms with van der Waals surface area (Å²) in [5.74, 6) is -0.408. The van der Waals surface area contributed by atoms with E-state index in [2.05, 4.69) is 10.3 Å². The minimum Gasteiger partial charge on any atom is -0.385 e. The van der Waals surface area contributed by atoms with Crippen molar-refractivity contribution in [3.63, 3.8) is 0 Å². The number of nitrogens with one attached hydrogen (secondary N) is 1. The van der Waals surface area contributed by atoms with E-state index in [0.29, 0.717) is 31.8 Å². The third kappa shape index (κ3) is 5.67. The van der Waals surface area contributed by atoms with Crippen LogP contribution in [0.1, 0.15) is 39.8 Å². The van der Waals surface area contributed by atoms with Crippen molar-refractivity contribution in [3.05, 3.63) is 65.5 Å². The first-order valence-electron chi connectivity index (χ1n) is 8.72. The van der Waals surface area contributed by atoms with Crippen LogP contribution >= 0.6 is 0 Å². The molecule has 1 aromatic carbocycles. The average Bonchev–Trinajstić information content (AvgIpc) is 2.69. The first-order valence-corrected chi connectivity index (χ1v) is 8.72. The minimum atomic E-state index is -0.290. The fourth-order valence-corrected chi connectivity index (χ4v) is 2.51. The monoisotopic (exact) mass is 355 g/mol. The molecule has 0 radical (unpaired) electrons. The van der Waals surface area contributed by atoms with Gasteiger partial charge in [-0.15, -0.1) is 0 Å². The van der Waals surface area contributed by atoms with Crippen molar-refractivity contribution >= 4 is 11.8 Å². The van der Waals surface area contributed by atoms with Gasteiger partial charge in [0, 0.05) is 45.1 Å². The molecule has 0 unspecified atom stereocenters. The number of hydrogen-bond donors (Lipinski definition) is 1. The quantitative estimate of drug-likeness (QED) is 0.702. The van der Waals surface area contributed by atoms with Gasteiger partial charge in [0.15, 0.2) is 0 Å². The Kier molecular flexibility index (Phi) is 7.76. The molecule has 0 bridgehead atoms. The molecule has 0 aliphatic heterocycles. The fourth-order valence-electron chi connectivity index (χ4n) is 2.51. The van der Waals surface area contributed by atoms with Gasteiger partial charge in [-0.3, -0.25) is 14.6 Å². The second-order valence-electron chi connectivity index (χ2n) is 5.84. The predicted octanol–water partition coefficient (Wildman–Crippen LogP) is 2.51. The zero-order valence-electron chi connectivity index (χ0n) is 15.3. The summed E-state index contributed by atoms with van der Waals surface area (Å²) in [6, 6.07) is 13.0. The number of carbonyl (C=O) groups is 2. The molecule has 0 fully saturated rings. The van der Waals surface area contributed by atoms with Crippen LogP contribution in [0, 0.1) is 0 Å². The van der Waals surface area contributed by atoms with Crippen LogP contribution in [0.25, 0.3) is 0 Å². The van der Waals surface area contributed by atoms with E-state index in [-0.39, 0.29) is 17.5 Å². The summed E-state index contributed by atoms with van der Waals surface area (Å²) < 4.78 is 4.95. The summed E-state index contributed by atoms with van der Waals surface area (Å²) in [6.07, 6.45) is 2.22. The van der Waals surface area contributed by atoms with Crippen LogP contribution in [-0.4, -0.2) is 48.5 Å². The summed E-state index contributed by atoms with van der Waals surface area (Å²) in [6.45, 7) is 4.12. The molecule has 1 heterocycles. The van der Waals surface area contributed by atoms with Crippen LogP contribution in [0.3, 0.4) is 0 Å². The minimum absolute atomic E-state index is 0.118. The summed E-state index contributed by atoms with van der Waals surface area (Å²) >= 11 is 0. The first kappa shape index (κ1) is 19.6. The zero-order chi connectivity index (χ0) is 18.8.